The summed E-state index contributed by atoms with van der Waals surface area (Å²) in [7, 11) is 3.20. The average Bonchev–Trinajstić information content (AvgIpc) is 2.80. The number of ether oxygens (including phenoxy) is 3. The number of amides is 1. The zero-order valence-electron chi connectivity index (χ0n) is 17.3. The lowest BCUT2D eigenvalue weighted by Gasteiger charge is -2.12. The van der Waals surface area contributed by atoms with Gasteiger partial charge in [0.05, 0.1) is 19.9 Å². The molecular formula is C24H26N2O4. The number of benzene rings is 2. The molecule has 1 aromatic heterocycles. The Labute approximate surface area is 176 Å². The van der Waals surface area contributed by atoms with Crippen LogP contribution in [0.5, 0.6) is 17.2 Å². The first kappa shape index (κ1) is 21.2. The lowest BCUT2D eigenvalue weighted by atomic mass is 10.1. The predicted molar refractivity (Wildman–Crippen MR) is 115 cm³/mol. The number of rotatable bonds is 10. The maximum absolute atomic E-state index is 12.3. The van der Waals surface area contributed by atoms with Gasteiger partial charge >= 0.3 is 0 Å². The van der Waals surface area contributed by atoms with E-state index in [4.69, 9.17) is 14.2 Å². The van der Waals surface area contributed by atoms with Crippen LogP contribution in [-0.2, 0) is 24.4 Å². The van der Waals surface area contributed by atoms with Crippen LogP contribution in [0.3, 0.4) is 0 Å². The van der Waals surface area contributed by atoms with Gasteiger partial charge in [0.15, 0.2) is 11.5 Å². The fraction of sp³-hybridized carbons (Fsp3) is 0.250. The van der Waals surface area contributed by atoms with Crippen LogP contribution in [0, 0.1) is 0 Å². The number of para-hydroxylation sites is 1. The molecule has 6 heteroatoms. The lowest BCUT2D eigenvalue weighted by Crippen LogP contribution is -2.23. The topological polar surface area (TPSA) is 69.7 Å². The van der Waals surface area contributed by atoms with E-state index in [-0.39, 0.29) is 5.91 Å². The number of hydrogen-bond donors (Lipinski definition) is 1. The molecule has 1 heterocycles. The Morgan fingerprint density at radius 1 is 1.00 bits per heavy atom. The standard InChI is InChI=1S/C24H26N2O4/c1-28-22-11-6-8-19(24(22)29-2)12-13-23(27)26-16-18-7-5-10-21(15-18)30-17-20-9-3-4-14-25-20/h3-11,14-15H,12-13,16-17H2,1-2H3,(H,26,27). The molecule has 0 saturated heterocycles. The second-order valence-corrected chi connectivity index (χ2v) is 6.69. The Morgan fingerprint density at radius 3 is 2.63 bits per heavy atom. The van der Waals surface area contributed by atoms with E-state index in [0.717, 1.165) is 22.6 Å². The molecule has 3 rings (SSSR count). The number of aryl methyl sites for hydroxylation is 1. The van der Waals surface area contributed by atoms with Crippen molar-refractivity contribution in [1.29, 1.82) is 0 Å². The molecule has 0 aliphatic carbocycles. The molecule has 3 aromatic rings. The minimum absolute atomic E-state index is 0.0281. The SMILES string of the molecule is COc1cccc(CCC(=O)NCc2cccc(OCc3ccccn3)c2)c1OC. The highest BCUT2D eigenvalue weighted by Gasteiger charge is 2.11. The van der Waals surface area contributed by atoms with Gasteiger partial charge in [0.2, 0.25) is 5.91 Å². The number of carbonyl (C=O) groups is 1. The van der Waals surface area contributed by atoms with Crippen molar-refractivity contribution >= 4 is 5.91 Å². The number of methoxy groups -OCH3 is 2. The van der Waals surface area contributed by atoms with E-state index in [1.807, 2.05) is 60.7 Å². The van der Waals surface area contributed by atoms with Gasteiger partial charge < -0.3 is 19.5 Å². The van der Waals surface area contributed by atoms with Crippen LogP contribution in [0.1, 0.15) is 23.2 Å². The maximum atomic E-state index is 12.3. The van der Waals surface area contributed by atoms with Crippen molar-refractivity contribution < 1.29 is 19.0 Å². The molecule has 0 saturated carbocycles. The largest absolute Gasteiger partial charge is 0.493 e. The molecule has 0 fully saturated rings. The highest BCUT2D eigenvalue weighted by molar-refractivity contribution is 5.76. The normalized spacial score (nSPS) is 10.3. The molecule has 0 aliphatic rings. The highest BCUT2D eigenvalue weighted by Crippen LogP contribution is 2.31. The zero-order chi connectivity index (χ0) is 21.2. The molecule has 0 radical (unpaired) electrons. The van der Waals surface area contributed by atoms with Crippen LogP contribution >= 0.6 is 0 Å². The van der Waals surface area contributed by atoms with Crippen LogP contribution in [0.15, 0.2) is 66.9 Å². The van der Waals surface area contributed by atoms with Crippen LogP contribution in [0.2, 0.25) is 0 Å². The summed E-state index contributed by atoms with van der Waals surface area (Å²) < 4.78 is 16.5. The van der Waals surface area contributed by atoms with Crippen LogP contribution in [0.4, 0.5) is 0 Å². The number of nitrogens with one attached hydrogen (secondary N) is 1. The number of nitrogens with zero attached hydrogens (tertiary/aromatic N) is 1. The molecule has 2 aromatic carbocycles. The predicted octanol–water partition coefficient (Wildman–Crippen LogP) is 3.93. The summed E-state index contributed by atoms with van der Waals surface area (Å²) in [6, 6.07) is 19.1. The minimum Gasteiger partial charge on any atom is -0.493 e. The molecule has 156 valence electrons. The molecule has 0 unspecified atom stereocenters. The molecule has 6 nitrogen and oxygen atoms in total. The van der Waals surface area contributed by atoms with E-state index < -0.39 is 0 Å². The fourth-order valence-electron chi connectivity index (χ4n) is 3.07. The van der Waals surface area contributed by atoms with E-state index in [1.54, 1.807) is 20.4 Å². The molecule has 1 N–H and O–H groups in total. The molecule has 0 atom stereocenters. The summed E-state index contributed by atoms with van der Waals surface area (Å²) in [6.45, 7) is 0.841. The van der Waals surface area contributed by atoms with Crippen LogP contribution < -0.4 is 19.5 Å². The van der Waals surface area contributed by atoms with Crippen molar-refractivity contribution in [3.8, 4) is 17.2 Å². The van der Waals surface area contributed by atoms with Crippen molar-refractivity contribution in [2.75, 3.05) is 14.2 Å². The Balaban J connectivity index is 1.49. The van der Waals surface area contributed by atoms with Gasteiger partial charge in [-0.15, -0.1) is 0 Å². The summed E-state index contributed by atoms with van der Waals surface area (Å²) in [5.41, 5.74) is 2.78. The average molecular weight is 406 g/mol. The third-order valence-corrected chi connectivity index (χ3v) is 4.61. The quantitative estimate of drug-likeness (QED) is 0.553. The first-order chi connectivity index (χ1) is 14.7. The molecule has 30 heavy (non-hydrogen) atoms. The van der Waals surface area contributed by atoms with Crippen molar-refractivity contribution in [1.82, 2.24) is 10.3 Å². The number of carbonyl (C=O) groups excluding carboxylic acids is 1. The Bertz CT molecular complexity index is 960. The van der Waals surface area contributed by atoms with Gasteiger partial charge in [0, 0.05) is 19.2 Å². The van der Waals surface area contributed by atoms with Crippen LogP contribution in [-0.4, -0.2) is 25.1 Å². The Kier molecular flexibility index (Phi) is 7.66. The van der Waals surface area contributed by atoms with Crippen molar-refractivity contribution in [2.24, 2.45) is 0 Å². The van der Waals surface area contributed by atoms with Crippen LogP contribution in [0.25, 0.3) is 0 Å². The number of hydrogen-bond acceptors (Lipinski definition) is 5. The molecule has 0 bridgehead atoms. The van der Waals surface area contributed by atoms with E-state index in [0.29, 0.717) is 37.5 Å². The van der Waals surface area contributed by atoms with E-state index in [9.17, 15) is 4.79 Å². The number of pyridine rings is 1. The third kappa shape index (κ3) is 5.98. The molecular weight excluding hydrogens is 380 g/mol. The summed E-state index contributed by atoms with van der Waals surface area (Å²) in [5, 5.41) is 2.96. The highest BCUT2D eigenvalue weighted by atomic mass is 16.5. The minimum atomic E-state index is -0.0281. The van der Waals surface area contributed by atoms with E-state index >= 15 is 0 Å². The van der Waals surface area contributed by atoms with Crippen molar-refractivity contribution in [3.05, 3.63) is 83.7 Å². The van der Waals surface area contributed by atoms with Crippen molar-refractivity contribution in [3.63, 3.8) is 0 Å². The van der Waals surface area contributed by atoms with E-state index in [1.165, 1.54) is 0 Å². The smallest absolute Gasteiger partial charge is 0.220 e. The maximum Gasteiger partial charge on any atom is 0.220 e. The lowest BCUT2D eigenvalue weighted by molar-refractivity contribution is -0.121. The molecule has 1 amide bonds. The van der Waals surface area contributed by atoms with Gasteiger partial charge in [-0.3, -0.25) is 9.78 Å². The molecule has 0 spiro atoms. The van der Waals surface area contributed by atoms with Gasteiger partial charge in [-0.05, 0) is 47.9 Å². The second-order valence-electron chi connectivity index (χ2n) is 6.69. The van der Waals surface area contributed by atoms with Gasteiger partial charge in [0.25, 0.3) is 0 Å². The summed E-state index contributed by atoms with van der Waals surface area (Å²) in [4.78, 5) is 16.6. The fourth-order valence-corrected chi connectivity index (χ4v) is 3.07. The van der Waals surface area contributed by atoms with E-state index in [2.05, 4.69) is 10.3 Å². The molecule has 0 aliphatic heterocycles. The summed E-state index contributed by atoms with van der Waals surface area (Å²) in [5.74, 6) is 2.05. The summed E-state index contributed by atoms with van der Waals surface area (Å²) >= 11 is 0. The monoisotopic (exact) mass is 406 g/mol. The third-order valence-electron chi connectivity index (χ3n) is 4.61. The first-order valence-corrected chi connectivity index (χ1v) is 9.78. The van der Waals surface area contributed by atoms with Crippen molar-refractivity contribution in [2.45, 2.75) is 26.0 Å². The Hall–Kier alpha value is -3.54. The zero-order valence-corrected chi connectivity index (χ0v) is 17.3. The first-order valence-electron chi connectivity index (χ1n) is 9.78. The number of aromatic nitrogens is 1. The second kappa shape index (κ2) is 10.9. The van der Waals surface area contributed by atoms with Gasteiger partial charge in [-0.25, -0.2) is 0 Å². The van der Waals surface area contributed by atoms with Gasteiger partial charge in [-0.2, -0.15) is 0 Å². The summed E-state index contributed by atoms with van der Waals surface area (Å²) in [6.07, 6.45) is 2.67. The van der Waals surface area contributed by atoms with Gasteiger partial charge in [0.1, 0.15) is 12.4 Å². The van der Waals surface area contributed by atoms with Gasteiger partial charge in [-0.1, -0.05) is 30.3 Å². The Morgan fingerprint density at radius 2 is 1.87 bits per heavy atom.